The number of carboxylic acid groups (broad SMARTS) is 1. The molecule has 2 N–H and O–H groups in total. The topological polar surface area (TPSA) is 116 Å². The van der Waals surface area contributed by atoms with Crippen LogP contribution in [-0.4, -0.2) is 35.6 Å². The number of hydrogen-bond donors (Lipinski definition) is 2. The van der Waals surface area contributed by atoms with Gasteiger partial charge in [-0.05, 0) is 37.1 Å². The third-order valence-electron chi connectivity index (χ3n) is 3.19. The van der Waals surface area contributed by atoms with Crippen molar-refractivity contribution < 1.29 is 24.2 Å². The van der Waals surface area contributed by atoms with E-state index in [9.17, 15) is 19.5 Å². The van der Waals surface area contributed by atoms with Crippen molar-refractivity contribution in [2.75, 3.05) is 6.61 Å². The lowest BCUT2D eigenvalue weighted by Gasteiger charge is -2.20. The van der Waals surface area contributed by atoms with Gasteiger partial charge in [0.15, 0.2) is 0 Å². The molecule has 0 saturated heterocycles. The van der Waals surface area contributed by atoms with Crippen molar-refractivity contribution in [3.8, 4) is 6.07 Å². The highest BCUT2D eigenvalue weighted by Crippen LogP contribution is 2.12. The molecule has 0 fully saturated rings. The molecule has 1 rings (SSSR count). The molecular formula is C16H18N2O5. The number of hydrogen-bond acceptors (Lipinski definition) is 5. The van der Waals surface area contributed by atoms with E-state index in [1.165, 1.54) is 24.3 Å². The summed E-state index contributed by atoms with van der Waals surface area (Å²) in [6.45, 7) is 3.42. The lowest BCUT2D eigenvalue weighted by molar-refractivity contribution is -0.145. The maximum Gasteiger partial charge on any atom is 0.326 e. The number of nitrogens with zero attached hydrogens (tertiary/aromatic N) is 1. The fraction of sp³-hybridized carbons (Fsp3) is 0.375. The summed E-state index contributed by atoms with van der Waals surface area (Å²) in [7, 11) is 0. The molecule has 0 aromatic heterocycles. The largest absolute Gasteiger partial charge is 0.480 e. The lowest BCUT2D eigenvalue weighted by Crippen LogP contribution is -2.45. The summed E-state index contributed by atoms with van der Waals surface area (Å²) in [5, 5.41) is 20.4. The van der Waals surface area contributed by atoms with Crippen LogP contribution in [0.25, 0.3) is 0 Å². The molecule has 1 aromatic carbocycles. The van der Waals surface area contributed by atoms with E-state index >= 15 is 0 Å². The lowest BCUT2D eigenvalue weighted by atomic mass is 9.98. The highest BCUT2D eigenvalue weighted by molar-refractivity contribution is 5.96. The number of carboxylic acids is 1. The number of nitrogens with one attached hydrogen (secondary N) is 1. The molecule has 7 heteroatoms. The number of rotatable bonds is 7. The average molecular weight is 318 g/mol. The minimum absolute atomic E-state index is 0.113. The molecule has 2 atom stereocenters. The van der Waals surface area contributed by atoms with Crippen LogP contribution in [0.5, 0.6) is 0 Å². The van der Waals surface area contributed by atoms with E-state index in [0.29, 0.717) is 5.56 Å². The summed E-state index contributed by atoms with van der Waals surface area (Å²) in [4.78, 5) is 34.9. The van der Waals surface area contributed by atoms with Crippen molar-refractivity contribution in [1.82, 2.24) is 5.32 Å². The van der Waals surface area contributed by atoms with Crippen molar-refractivity contribution in [3.63, 3.8) is 0 Å². The Morgan fingerprint density at radius 3 is 2.39 bits per heavy atom. The van der Waals surface area contributed by atoms with Gasteiger partial charge in [0.05, 0.1) is 24.7 Å². The van der Waals surface area contributed by atoms with Crippen LogP contribution in [0.15, 0.2) is 24.3 Å². The van der Waals surface area contributed by atoms with E-state index in [2.05, 4.69) is 5.32 Å². The fourth-order valence-corrected chi connectivity index (χ4v) is 1.97. The maximum absolute atomic E-state index is 12.1. The smallest absolute Gasteiger partial charge is 0.326 e. The molecule has 0 aliphatic carbocycles. The molecule has 0 radical (unpaired) electrons. The summed E-state index contributed by atoms with van der Waals surface area (Å²) < 4.78 is 4.78. The van der Waals surface area contributed by atoms with E-state index in [-0.39, 0.29) is 18.6 Å². The van der Waals surface area contributed by atoms with Crippen molar-refractivity contribution in [2.24, 2.45) is 5.92 Å². The van der Waals surface area contributed by atoms with Crippen molar-refractivity contribution >= 4 is 17.8 Å². The quantitative estimate of drug-likeness (QED) is 0.733. The van der Waals surface area contributed by atoms with Crippen molar-refractivity contribution in [1.29, 1.82) is 5.26 Å². The fourth-order valence-electron chi connectivity index (χ4n) is 1.97. The highest BCUT2D eigenvalue weighted by atomic mass is 16.5. The van der Waals surface area contributed by atoms with Crippen LogP contribution in [0, 0.1) is 17.2 Å². The van der Waals surface area contributed by atoms with Gasteiger partial charge in [0.1, 0.15) is 6.04 Å². The Morgan fingerprint density at radius 1 is 1.30 bits per heavy atom. The van der Waals surface area contributed by atoms with Gasteiger partial charge in [-0.1, -0.05) is 6.92 Å². The Kier molecular flexibility index (Phi) is 6.74. The van der Waals surface area contributed by atoms with Crippen LogP contribution in [0.1, 0.15) is 36.2 Å². The molecule has 0 unspecified atom stereocenters. The van der Waals surface area contributed by atoms with Crippen molar-refractivity contribution in [2.45, 2.75) is 26.3 Å². The summed E-state index contributed by atoms with van der Waals surface area (Å²) in [5.41, 5.74) is 0.630. The molecule has 0 aliphatic heterocycles. The first-order chi connectivity index (χ1) is 10.9. The van der Waals surface area contributed by atoms with Gasteiger partial charge in [-0.15, -0.1) is 0 Å². The molecule has 1 amide bonds. The second-order valence-electron chi connectivity index (χ2n) is 4.96. The molecule has 0 heterocycles. The summed E-state index contributed by atoms with van der Waals surface area (Å²) in [6, 6.07) is 6.50. The number of aliphatic carboxylic acids is 1. The number of amides is 1. The van der Waals surface area contributed by atoms with E-state index in [0.717, 1.165) is 0 Å². The zero-order valence-electron chi connectivity index (χ0n) is 12.9. The average Bonchev–Trinajstić information content (AvgIpc) is 2.52. The minimum Gasteiger partial charge on any atom is -0.480 e. The van der Waals surface area contributed by atoms with Gasteiger partial charge in [-0.2, -0.15) is 5.26 Å². The van der Waals surface area contributed by atoms with E-state index in [1.807, 2.05) is 6.07 Å². The Hall–Kier alpha value is -2.88. The Bertz CT molecular complexity index is 618. The maximum atomic E-state index is 12.1. The SMILES string of the molecule is CCOC(=O)C[C@@H](C)[C@H](NC(=O)c1ccc(C#N)cc1)C(=O)O. The third kappa shape index (κ3) is 5.43. The first kappa shape index (κ1) is 18.2. The molecule has 1 aromatic rings. The number of esters is 1. The first-order valence-corrected chi connectivity index (χ1v) is 7.08. The van der Waals surface area contributed by atoms with E-state index < -0.39 is 29.8 Å². The zero-order valence-corrected chi connectivity index (χ0v) is 12.9. The molecule has 23 heavy (non-hydrogen) atoms. The van der Waals surface area contributed by atoms with Crippen LogP contribution >= 0.6 is 0 Å². The van der Waals surface area contributed by atoms with Gasteiger partial charge in [0, 0.05) is 5.56 Å². The van der Waals surface area contributed by atoms with Crippen LogP contribution in [-0.2, 0) is 14.3 Å². The summed E-state index contributed by atoms with van der Waals surface area (Å²) in [6.07, 6.45) is -0.113. The van der Waals surface area contributed by atoms with Crippen LogP contribution < -0.4 is 5.32 Å². The molecule has 122 valence electrons. The van der Waals surface area contributed by atoms with E-state index in [1.54, 1.807) is 13.8 Å². The second kappa shape index (κ2) is 8.54. The monoisotopic (exact) mass is 318 g/mol. The van der Waals surface area contributed by atoms with Crippen molar-refractivity contribution in [3.05, 3.63) is 35.4 Å². The predicted octanol–water partition coefficient (Wildman–Crippen LogP) is 1.33. The Labute approximate surface area is 133 Å². The predicted molar refractivity (Wildman–Crippen MR) is 80.5 cm³/mol. The van der Waals surface area contributed by atoms with Crippen LogP contribution in [0.3, 0.4) is 0 Å². The van der Waals surface area contributed by atoms with Gasteiger partial charge in [-0.3, -0.25) is 9.59 Å². The number of carbonyl (C=O) groups excluding carboxylic acids is 2. The van der Waals surface area contributed by atoms with Gasteiger partial charge >= 0.3 is 11.9 Å². The van der Waals surface area contributed by atoms with Crippen LogP contribution in [0.4, 0.5) is 0 Å². The Balaban J connectivity index is 2.78. The molecule has 0 saturated carbocycles. The molecular weight excluding hydrogens is 300 g/mol. The van der Waals surface area contributed by atoms with Gasteiger partial charge in [0.25, 0.3) is 5.91 Å². The molecule has 7 nitrogen and oxygen atoms in total. The summed E-state index contributed by atoms with van der Waals surface area (Å²) in [5.74, 6) is -2.96. The van der Waals surface area contributed by atoms with Gasteiger partial charge < -0.3 is 15.2 Å². The standard InChI is InChI=1S/C16H18N2O5/c1-3-23-13(19)8-10(2)14(16(21)22)18-15(20)12-6-4-11(9-17)5-7-12/h4-7,10,14H,3,8H2,1-2H3,(H,18,20)(H,21,22)/t10-,14+/m1/s1. The second-order valence-corrected chi connectivity index (χ2v) is 4.96. The number of carbonyl (C=O) groups is 3. The highest BCUT2D eigenvalue weighted by Gasteiger charge is 2.28. The third-order valence-corrected chi connectivity index (χ3v) is 3.19. The normalized spacial score (nSPS) is 12.6. The minimum atomic E-state index is -1.23. The first-order valence-electron chi connectivity index (χ1n) is 7.08. The van der Waals surface area contributed by atoms with Crippen LogP contribution in [0.2, 0.25) is 0 Å². The molecule has 0 spiro atoms. The van der Waals surface area contributed by atoms with Gasteiger partial charge in [0.2, 0.25) is 0 Å². The number of benzene rings is 1. The number of nitriles is 1. The molecule has 0 aliphatic rings. The summed E-state index contributed by atoms with van der Waals surface area (Å²) >= 11 is 0. The molecule has 0 bridgehead atoms. The zero-order chi connectivity index (χ0) is 17.4. The van der Waals surface area contributed by atoms with Gasteiger partial charge in [-0.25, -0.2) is 4.79 Å². The number of ether oxygens (including phenoxy) is 1. The Morgan fingerprint density at radius 2 is 1.91 bits per heavy atom. The van der Waals surface area contributed by atoms with E-state index in [4.69, 9.17) is 10.00 Å².